The number of aryl methyl sites for hydroxylation is 1. The van der Waals surface area contributed by atoms with Crippen molar-refractivity contribution in [1.29, 1.82) is 0 Å². The molecule has 6 heteroatoms. The molecule has 0 aliphatic carbocycles. The van der Waals surface area contributed by atoms with E-state index in [1.807, 2.05) is 18.3 Å². The van der Waals surface area contributed by atoms with Crippen LogP contribution in [-0.4, -0.2) is 40.9 Å². The largest absolute Gasteiger partial charge is 0.350 e. The predicted molar refractivity (Wildman–Crippen MR) is 88.0 cm³/mol. The number of rotatable bonds is 5. The average Bonchev–Trinajstić information content (AvgIpc) is 3.18. The van der Waals surface area contributed by atoms with Crippen molar-refractivity contribution in [2.24, 2.45) is 0 Å². The molecule has 1 atom stereocenters. The molecule has 1 saturated heterocycles. The first kappa shape index (κ1) is 15.2. The molecule has 2 aromatic rings. The molecule has 2 N–H and O–H groups in total. The van der Waals surface area contributed by atoms with Crippen molar-refractivity contribution >= 4 is 17.2 Å². The molecule has 3 rings (SSSR count). The number of nitrogens with zero attached hydrogens (tertiary/aromatic N) is 2. The lowest BCUT2D eigenvalue weighted by Gasteiger charge is -2.07. The highest BCUT2D eigenvalue weighted by Crippen LogP contribution is 2.23. The number of hydrogen-bond acceptors (Lipinski definition) is 4. The lowest BCUT2D eigenvalue weighted by Crippen LogP contribution is -2.24. The molecule has 0 saturated carbocycles. The zero-order valence-corrected chi connectivity index (χ0v) is 13.9. The average molecular weight is 318 g/mol. The van der Waals surface area contributed by atoms with Gasteiger partial charge in [-0.25, -0.2) is 4.98 Å². The lowest BCUT2D eigenvalue weighted by molar-refractivity contribution is -0.120. The number of likely N-dealkylation sites (N-methyl/N-ethyl adjacent to an activating group) is 1. The molecule has 1 amide bonds. The highest BCUT2D eigenvalue weighted by atomic mass is 32.1. The minimum Gasteiger partial charge on any atom is -0.350 e. The third-order valence-corrected chi connectivity index (χ3v) is 5.03. The first-order chi connectivity index (χ1) is 10.6. The van der Waals surface area contributed by atoms with Crippen LogP contribution in [0.25, 0.3) is 0 Å². The normalized spacial score (nSPS) is 18.7. The van der Waals surface area contributed by atoms with E-state index in [4.69, 9.17) is 0 Å². The van der Waals surface area contributed by atoms with E-state index in [0.717, 1.165) is 35.9 Å². The van der Waals surface area contributed by atoms with E-state index in [9.17, 15) is 4.79 Å². The second-order valence-electron chi connectivity index (χ2n) is 6.01. The second-order valence-corrected chi connectivity index (χ2v) is 7.38. The minimum atomic E-state index is 0.0543. The van der Waals surface area contributed by atoms with Gasteiger partial charge >= 0.3 is 0 Å². The number of nitrogens with one attached hydrogen (secondary N) is 2. The van der Waals surface area contributed by atoms with Gasteiger partial charge in [-0.2, -0.15) is 0 Å². The summed E-state index contributed by atoms with van der Waals surface area (Å²) in [6.07, 6.45) is 3.43. The van der Waals surface area contributed by atoms with Gasteiger partial charge in [0.2, 0.25) is 5.91 Å². The van der Waals surface area contributed by atoms with E-state index < -0.39 is 0 Å². The molecule has 0 bridgehead atoms. The Morgan fingerprint density at radius 1 is 1.55 bits per heavy atom. The van der Waals surface area contributed by atoms with Gasteiger partial charge in [0.05, 0.1) is 24.9 Å². The Bertz CT molecular complexity index is 648. The van der Waals surface area contributed by atoms with E-state index in [1.165, 1.54) is 4.88 Å². The fourth-order valence-corrected chi connectivity index (χ4v) is 3.72. The molecule has 1 fully saturated rings. The summed E-state index contributed by atoms with van der Waals surface area (Å²) in [4.78, 5) is 24.4. The number of aromatic amines is 1. The Labute approximate surface area is 134 Å². The van der Waals surface area contributed by atoms with E-state index in [1.54, 1.807) is 11.3 Å². The summed E-state index contributed by atoms with van der Waals surface area (Å²) < 4.78 is 0. The third kappa shape index (κ3) is 3.75. The van der Waals surface area contributed by atoms with Crippen LogP contribution >= 0.6 is 11.3 Å². The predicted octanol–water partition coefficient (Wildman–Crippen LogP) is 2.06. The number of carbonyl (C=O) groups is 1. The Hall–Kier alpha value is -1.66. The van der Waals surface area contributed by atoms with Gasteiger partial charge in [0.25, 0.3) is 0 Å². The smallest absolute Gasteiger partial charge is 0.225 e. The SMILES string of the molecule is Cc1ccc(CC(=O)NCc2cnc(C3CCN(C)C3)[nH]2)s1. The number of aromatic nitrogens is 2. The summed E-state index contributed by atoms with van der Waals surface area (Å²) in [7, 11) is 2.14. The summed E-state index contributed by atoms with van der Waals surface area (Å²) in [6, 6.07) is 4.07. The first-order valence-corrected chi connectivity index (χ1v) is 8.46. The second kappa shape index (κ2) is 6.62. The number of amides is 1. The molecule has 5 nitrogen and oxygen atoms in total. The van der Waals surface area contributed by atoms with Gasteiger partial charge in [-0.05, 0) is 39.1 Å². The molecule has 118 valence electrons. The van der Waals surface area contributed by atoms with E-state index in [-0.39, 0.29) is 5.91 Å². The van der Waals surface area contributed by atoms with Crippen molar-refractivity contribution in [2.75, 3.05) is 20.1 Å². The van der Waals surface area contributed by atoms with Crippen LogP contribution < -0.4 is 5.32 Å². The van der Waals surface area contributed by atoms with Crippen molar-refractivity contribution in [3.8, 4) is 0 Å². The maximum absolute atomic E-state index is 12.0. The Kier molecular flexibility index (Phi) is 4.59. The molecule has 0 aromatic carbocycles. The molecule has 22 heavy (non-hydrogen) atoms. The van der Waals surface area contributed by atoms with Crippen LogP contribution in [0.2, 0.25) is 0 Å². The maximum atomic E-state index is 12.0. The van der Waals surface area contributed by atoms with Crippen molar-refractivity contribution in [1.82, 2.24) is 20.2 Å². The highest BCUT2D eigenvalue weighted by molar-refractivity contribution is 7.12. The maximum Gasteiger partial charge on any atom is 0.225 e. The fraction of sp³-hybridized carbons (Fsp3) is 0.500. The highest BCUT2D eigenvalue weighted by Gasteiger charge is 2.23. The van der Waals surface area contributed by atoms with Crippen LogP contribution in [0.15, 0.2) is 18.3 Å². The van der Waals surface area contributed by atoms with Gasteiger partial charge in [-0.15, -0.1) is 11.3 Å². The molecule has 1 aliphatic heterocycles. The van der Waals surface area contributed by atoms with Crippen LogP contribution in [0, 0.1) is 6.92 Å². The number of thiophene rings is 1. The van der Waals surface area contributed by atoms with Gasteiger partial charge in [-0.3, -0.25) is 4.79 Å². The van der Waals surface area contributed by atoms with E-state index >= 15 is 0 Å². The van der Waals surface area contributed by atoms with Crippen LogP contribution in [0.5, 0.6) is 0 Å². The summed E-state index contributed by atoms with van der Waals surface area (Å²) in [5.74, 6) is 1.59. The molecule has 0 radical (unpaired) electrons. The number of hydrogen-bond donors (Lipinski definition) is 2. The molecular formula is C16H22N4OS. The van der Waals surface area contributed by atoms with Gasteiger partial charge in [-0.1, -0.05) is 0 Å². The van der Waals surface area contributed by atoms with Crippen molar-refractivity contribution < 1.29 is 4.79 Å². The Balaban J connectivity index is 1.49. The molecule has 1 unspecified atom stereocenters. The van der Waals surface area contributed by atoms with Crippen LogP contribution in [-0.2, 0) is 17.8 Å². The molecule has 1 aliphatic rings. The summed E-state index contributed by atoms with van der Waals surface area (Å²) in [6.45, 7) is 4.74. The number of imidazole rings is 1. The topological polar surface area (TPSA) is 61.0 Å². The van der Waals surface area contributed by atoms with E-state index in [2.05, 4.69) is 34.2 Å². The molecule has 3 heterocycles. The zero-order chi connectivity index (χ0) is 15.5. The first-order valence-electron chi connectivity index (χ1n) is 7.64. The zero-order valence-electron chi connectivity index (χ0n) is 13.1. The summed E-state index contributed by atoms with van der Waals surface area (Å²) in [5.41, 5.74) is 0.972. The molecule has 2 aromatic heterocycles. The Morgan fingerprint density at radius 3 is 3.09 bits per heavy atom. The monoisotopic (exact) mass is 318 g/mol. The number of likely N-dealkylation sites (tertiary alicyclic amines) is 1. The van der Waals surface area contributed by atoms with Gasteiger partial charge in [0.1, 0.15) is 5.82 Å². The standard InChI is InChI=1S/C16H22N4OS/c1-11-3-4-14(22-11)7-15(21)17-8-13-9-18-16(19-13)12-5-6-20(2)10-12/h3-4,9,12H,5-8,10H2,1-2H3,(H,17,21)(H,18,19). The summed E-state index contributed by atoms with van der Waals surface area (Å²) in [5, 5.41) is 2.96. The summed E-state index contributed by atoms with van der Waals surface area (Å²) >= 11 is 1.67. The molecular weight excluding hydrogens is 296 g/mol. The van der Waals surface area contributed by atoms with Crippen molar-refractivity contribution in [2.45, 2.75) is 32.2 Å². The van der Waals surface area contributed by atoms with Gasteiger partial charge in [0, 0.05) is 22.2 Å². The number of H-pyrrole nitrogens is 1. The van der Waals surface area contributed by atoms with Crippen molar-refractivity contribution in [3.63, 3.8) is 0 Å². The van der Waals surface area contributed by atoms with Crippen molar-refractivity contribution in [3.05, 3.63) is 39.6 Å². The van der Waals surface area contributed by atoms with Crippen LogP contribution in [0.1, 0.15) is 33.6 Å². The quantitative estimate of drug-likeness (QED) is 0.887. The van der Waals surface area contributed by atoms with Gasteiger partial charge < -0.3 is 15.2 Å². The Morgan fingerprint density at radius 2 is 2.41 bits per heavy atom. The number of carbonyl (C=O) groups excluding carboxylic acids is 1. The fourth-order valence-electron chi connectivity index (χ4n) is 2.83. The van der Waals surface area contributed by atoms with E-state index in [0.29, 0.717) is 18.9 Å². The minimum absolute atomic E-state index is 0.0543. The third-order valence-electron chi connectivity index (χ3n) is 4.03. The lowest BCUT2D eigenvalue weighted by atomic mass is 10.1. The van der Waals surface area contributed by atoms with Crippen LogP contribution in [0.3, 0.4) is 0 Å². The molecule has 0 spiro atoms. The van der Waals surface area contributed by atoms with Gasteiger partial charge in [0.15, 0.2) is 0 Å². The van der Waals surface area contributed by atoms with Crippen LogP contribution in [0.4, 0.5) is 0 Å².